The fourth-order valence-electron chi connectivity index (χ4n) is 3.73. The lowest BCUT2D eigenvalue weighted by Crippen LogP contribution is -2.24. The van der Waals surface area contributed by atoms with Crippen molar-refractivity contribution in [2.24, 2.45) is 0 Å². The molecule has 1 aliphatic heterocycles. The maximum absolute atomic E-state index is 12.3. The summed E-state index contributed by atoms with van der Waals surface area (Å²) in [7, 11) is 0. The summed E-state index contributed by atoms with van der Waals surface area (Å²) in [5, 5.41) is 24.0. The van der Waals surface area contributed by atoms with Gasteiger partial charge >= 0.3 is 0 Å². The number of ether oxygens (including phenoxy) is 1. The molecule has 0 spiro atoms. The third kappa shape index (κ3) is 6.40. The molecular formula is C24H23N7O3S2. The number of nitrogens with one attached hydrogen (secondary N) is 2. The van der Waals surface area contributed by atoms with E-state index in [4.69, 9.17) is 4.74 Å². The number of nitrogens with zero attached hydrogens (tertiary/aromatic N) is 5. The van der Waals surface area contributed by atoms with Crippen molar-refractivity contribution in [3.8, 4) is 5.19 Å². The van der Waals surface area contributed by atoms with Gasteiger partial charge in [-0.1, -0.05) is 77.1 Å². The van der Waals surface area contributed by atoms with Gasteiger partial charge in [0.1, 0.15) is 6.10 Å². The Hall–Kier alpha value is -3.90. The van der Waals surface area contributed by atoms with Crippen molar-refractivity contribution in [1.82, 2.24) is 20.4 Å². The molecule has 2 aromatic heterocycles. The molecule has 5 rings (SSSR count). The lowest BCUT2D eigenvalue weighted by Gasteiger charge is -2.13. The highest BCUT2D eigenvalue weighted by molar-refractivity contribution is 7.19. The van der Waals surface area contributed by atoms with Crippen LogP contribution in [0.15, 0.2) is 60.7 Å². The van der Waals surface area contributed by atoms with Gasteiger partial charge in [0.15, 0.2) is 0 Å². The summed E-state index contributed by atoms with van der Waals surface area (Å²) in [5.41, 5.74) is 1.87. The van der Waals surface area contributed by atoms with Crippen LogP contribution < -0.4 is 20.3 Å². The maximum atomic E-state index is 12.3. The van der Waals surface area contributed by atoms with Crippen molar-refractivity contribution in [3.63, 3.8) is 0 Å². The van der Waals surface area contributed by atoms with E-state index in [1.54, 1.807) is 0 Å². The molecule has 12 heteroatoms. The molecule has 0 radical (unpaired) electrons. The molecule has 0 bridgehead atoms. The fraction of sp³-hybridized carbons (Fsp3) is 0.250. The zero-order valence-corrected chi connectivity index (χ0v) is 20.8. The summed E-state index contributed by atoms with van der Waals surface area (Å²) < 4.78 is 5.98. The number of amides is 2. The van der Waals surface area contributed by atoms with E-state index in [0.717, 1.165) is 29.2 Å². The second-order valence-corrected chi connectivity index (χ2v) is 10.1. The molecule has 36 heavy (non-hydrogen) atoms. The van der Waals surface area contributed by atoms with E-state index in [2.05, 4.69) is 35.9 Å². The van der Waals surface area contributed by atoms with Gasteiger partial charge in [0.2, 0.25) is 27.2 Å². The van der Waals surface area contributed by atoms with E-state index in [-0.39, 0.29) is 30.8 Å². The molecule has 0 saturated carbocycles. The van der Waals surface area contributed by atoms with Gasteiger partial charge in [-0.25, -0.2) is 0 Å². The summed E-state index contributed by atoms with van der Waals surface area (Å²) in [5.74, 6) is -0.284. The van der Waals surface area contributed by atoms with Gasteiger partial charge in [0.25, 0.3) is 5.19 Å². The highest BCUT2D eigenvalue weighted by Gasteiger charge is 2.28. The molecular weight excluding hydrogens is 498 g/mol. The maximum Gasteiger partial charge on any atom is 0.296 e. The van der Waals surface area contributed by atoms with E-state index < -0.39 is 0 Å². The number of carbonyl (C=O) groups excluding carboxylic acids is 2. The van der Waals surface area contributed by atoms with Crippen LogP contribution in [0.3, 0.4) is 0 Å². The molecule has 184 valence electrons. The second kappa shape index (κ2) is 11.2. The molecule has 1 aliphatic rings. The number of hydrogen-bond donors (Lipinski definition) is 2. The molecule has 2 amide bonds. The van der Waals surface area contributed by atoms with Crippen molar-refractivity contribution in [3.05, 3.63) is 71.8 Å². The Balaban J connectivity index is 1.09. The predicted octanol–water partition coefficient (Wildman–Crippen LogP) is 3.41. The molecule has 1 saturated heterocycles. The monoisotopic (exact) mass is 521 g/mol. The average molecular weight is 522 g/mol. The Morgan fingerprint density at radius 3 is 2.06 bits per heavy atom. The van der Waals surface area contributed by atoms with Crippen molar-refractivity contribution < 1.29 is 14.3 Å². The number of rotatable bonds is 9. The zero-order valence-electron chi connectivity index (χ0n) is 19.2. The molecule has 4 aromatic rings. The second-order valence-electron chi connectivity index (χ2n) is 8.16. The first-order valence-corrected chi connectivity index (χ1v) is 13.0. The van der Waals surface area contributed by atoms with Crippen LogP contribution >= 0.6 is 22.7 Å². The Morgan fingerprint density at radius 2 is 1.42 bits per heavy atom. The van der Waals surface area contributed by atoms with E-state index in [9.17, 15) is 9.59 Å². The first-order chi connectivity index (χ1) is 17.6. The van der Waals surface area contributed by atoms with Gasteiger partial charge in [-0.05, 0) is 22.5 Å². The van der Waals surface area contributed by atoms with Crippen LogP contribution in [0.25, 0.3) is 0 Å². The summed E-state index contributed by atoms with van der Waals surface area (Å²) >= 11 is 2.53. The Kier molecular flexibility index (Phi) is 7.43. The van der Waals surface area contributed by atoms with E-state index in [1.807, 2.05) is 60.7 Å². The summed E-state index contributed by atoms with van der Waals surface area (Å²) in [6.07, 6.45) is 1.24. The van der Waals surface area contributed by atoms with Crippen LogP contribution in [-0.2, 0) is 22.4 Å². The largest absolute Gasteiger partial charge is 0.464 e. The van der Waals surface area contributed by atoms with Gasteiger partial charge in [-0.3, -0.25) is 9.59 Å². The first-order valence-electron chi connectivity index (χ1n) is 11.4. The third-order valence-electron chi connectivity index (χ3n) is 5.41. The molecule has 2 aromatic carbocycles. The van der Waals surface area contributed by atoms with Crippen molar-refractivity contribution in [2.75, 3.05) is 28.6 Å². The third-order valence-corrected chi connectivity index (χ3v) is 7.04. The van der Waals surface area contributed by atoms with Gasteiger partial charge in [-0.2, -0.15) is 0 Å². The van der Waals surface area contributed by atoms with Gasteiger partial charge in [-0.15, -0.1) is 15.3 Å². The SMILES string of the molecule is O=C(Cc1ccccc1)Nc1nnc(O[C@@H]2CCN(c3nnc(NC(=O)Cc4ccccc4)s3)C2)s1. The number of aromatic nitrogens is 4. The minimum atomic E-state index is -0.154. The molecule has 0 unspecified atom stereocenters. The van der Waals surface area contributed by atoms with Gasteiger partial charge in [0.05, 0.1) is 19.4 Å². The summed E-state index contributed by atoms with van der Waals surface area (Å²) in [6, 6.07) is 19.1. The lowest BCUT2D eigenvalue weighted by molar-refractivity contribution is -0.116. The molecule has 2 N–H and O–H groups in total. The van der Waals surface area contributed by atoms with Crippen molar-refractivity contribution in [1.29, 1.82) is 0 Å². The molecule has 10 nitrogen and oxygen atoms in total. The van der Waals surface area contributed by atoms with E-state index in [0.29, 0.717) is 22.0 Å². The number of anilines is 3. The smallest absolute Gasteiger partial charge is 0.296 e. The summed E-state index contributed by atoms with van der Waals surface area (Å²) in [4.78, 5) is 26.6. The zero-order chi connectivity index (χ0) is 24.7. The molecule has 3 heterocycles. The van der Waals surface area contributed by atoms with Crippen LogP contribution in [0.2, 0.25) is 0 Å². The quantitative estimate of drug-likeness (QED) is 0.344. The van der Waals surface area contributed by atoms with Crippen LogP contribution in [0, 0.1) is 0 Å². The highest BCUT2D eigenvalue weighted by Crippen LogP contribution is 2.30. The number of benzene rings is 2. The average Bonchev–Trinajstić information content (AvgIpc) is 3.62. The molecule has 1 fully saturated rings. The predicted molar refractivity (Wildman–Crippen MR) is 139 cm³/mol. The molecule has 0 aliphatic carbocycles. The van der Waals surface area contributed by atoms with Crippen molar-refractivity contribution in [2.45, 2.75) is 25.4 Å². The van der Waals surface area contributed by atoms with Crippen molar-refractivity contribution >= 4 is 49.9 Å². The van der Waals surface area contributed by atoms with Crippen LogP contribution in [-0.4, -0.2) is 51.4 Å². The minimum Gasteiger partial charge on any atom is -0.464 e. The lowest BCUT2D eigenvalue weighted by atomic mass is 10.1. The van der Waals surface area contributed by atoms with Gasteiger partial charge < -0.3 is 20.3 Å². The number of carbonyl (C=O) groups is 2. The topological polar surface area (TPSA) is 122 Å². The summed E-state index contributed by atoms with van der Waals surface area (Å²) in [6.45, 7) is 1.36. The van der Waals surface area contributed by atoms with Crippen LogP contribution in [0.4, 0.5) is 15.4 Å². The Labute approximate surface area is 215 Å². The standard InChI is InChI=1S/C24H23N7O3S2/c32-19(13-16-7-3-1-4-8-16)25-21-27-29-23(35-21)31-12-11-18(15-31)34-24-30-28-22(36-24)26-20(33)14-17-9-5-2-6-10-17/h1-10,18H,11-15H2,(H,25,27,32)(H,26,28,33)/t18-/m1/s1. The van der Waals surface area contributed by atoms with E-state index >= 15 is 0 Å². The van der Waals surface area contributed by atoms with Crippen LogP contribution in [0.1, 0.15) is 17.5 Å². The Morgan fingerprint density at radius 1 is 0.833 bits per heavy atom. The minimum absolute atomic E-state index is 0.0918. The van der Waals surface area contributed by atoms with E-state index in [1.165, 1.54) is 22.7 Å². The highest BCUT2D eigenvalue weighted by atomic mass is 32.1. The van der Waals surface area contributed by atoms with Crippen LogP contribution in [0.5, 0.6) is 5.19 Å². The number of hydrogen-bond acceptors (Lipinski definition) is 10. The first kappa shape index (κ1) is 23.8. The fourth-order valence-corrected chi connectivity index (χ4v) is 5.21. The van der Waals surface area contributed by atoms with Gasteiger partial charge in [0, 0.05) is 13.0 Å². The Bertz CT molecular complexity index is 1310. The normalized spacial score (nSPS) is 15.0. The molecule has 1 atom stereocenters.